The molecule has 0 bridgehead atoms. The highest BCUT2D eigenvalue weighted by atomic mass is 16.6. The van der Waals surface area contributed by atoms with Gasteiger partial charge in [0.1, 0.15) is 0 Å². The van der Waals surface area contributed by atoms with Gasteiger partial charge < -0.3 is 5.73 Å². The van der Waals surface area contributed by atoms with Gasteiger partial charge in [0.15, 0.2) is 5.82 Å². The Labute approximate surface area is 99.2 Å². The molecular formula is C11H17N3O3. The van der Waals surface area contributed by atoms with Crippen molar-refractivity contribution in [1.29, 1.82) is 0 Å². The molecule has 0 aliphatic heterocycles. The molecule has 0 saturated carbocycles. The molecule has 1 aromatic heterocycles. The number of rotatable bonds is 2. The monoisotopic (exact) mass is 239 g/mol. The summed E-state index contributed by atoms with van der Waals surface area (Å²) in [6.45, 7) is 7.56. The van der Waals surface area contributed by atoms with E-state index >= 15 is 0 Å². The van der Waals surface area contributed by atoms with Gasteiger partial charge in [-0.25, -0.2) is 0 Å². The second-order valence-electron chi connectivity index (χ2n) is 4.89. The third kappa shape index (κ3) is 2.30. The molecule has 1 rings (SSSR count). The third-order valence-electron chi connectivity index (χ3n) is 2.63. The molecule has 0 aromatic carbocycles. The average Bonchev–Trinajstić information content (AvgIpc) is 2.15. The van der Waals surface area contributed by atoms with Gasteiger partial charge in [-0.05, 0) is 12.3 Å². The molecule has 0 fully saturated rings. The van der Waals surface area contributed by atoms with Crippen LogP contribution in [0.2, 0.25) is 0 Å². The van der Waals surface area contributed by atoms with Gasteiger partial charge in [0.05, 0.1) is 4.92 Å². The zero-order chi connectivity index (χ0) is 13.4. The van der Waals surface area contributed by atoms with E-state index in [4.69, 9.17) is 5.73 Å². The van der Waals surface area contributed by atoms with Gasteiger partial charge in [-0.1, -0.05) is 20.8 Å². The number of anilines is 1. The van der Waals surface area contributed by atoms with Crippen LogP contribution < -0.4 is 11.3 Å². The smallest absolute Gasteiger partial charge is 0.309 e. The van der Waals surface area contributed by atoms with Crippen LogP contribution in [0.15, 0.2) is 10.9 Å². The van der Waals surface area contributed by atoms with Crippen LogP contribution in [0, 0.1) is 10.1 Å². The number of aromatic nitrogens is 1. The third-order valence-corrected chi connectivity index (χ3v) is 2.63. The molecule has 0 radical (unpaired) electrons. The zero-order valence-electron chi connectivity index (χ0n) is 10.5. The van der Waals surface area contributed by atoms with Crippen molar-refractivity contribution in [2.45, 2.75) is 39.7 Å². The van der Waals surface area contributed by atoms with Crippen molar-refractivity contribution in [1.82, 2.24) is 4.57 Å². The summed E-state index contributed by atoms with van der Waals surface area (Å²) < 4.78 is 1.23. The van der Waals surface area contributed by atoms with Crippen LogP contribution in [0.25, 0.3) is 0 Å². The number of hydrogen-bond acceptors (Lipinski definition) is 4. The fourth-order valence-electron chi connectivity index (χ4n) is 1.66. The lowest BCUT2D eigenvalue weighted by Gasteiger charge is -2.20. The van der Waals surface area contributed by atoms with Gasteiger partial charge in [0.2, 0.25) is 0 Å². The van der Waals surface area contributed by atoms with Crippen molar-refractivity contribution in [3.05, 3.63) is 32.1 Å². The zero-order valence-corrected chi connectivity index (χ0v) is 10.5. The van der Waals surface area contributed by atoms with Gasteiger partial charge in [-0.2, -0.15) is 0 Å². The number of nitrogens with two attached hydrogens (primary N) is 1. The maximum absolute atomic E-state index is 12.1. The lowest BCUT2D eigenvalue weighted by Crippen LogP contribution is -2.32. The number of nitrogen functional groups attached to an aromatic ring is 1. The first-order valence-corrected chi connectivity index (χ1v) is 5.38. The Bertz CT molecular complexity index is 512. The lowest BCUT2D eigenvalue weighted by molar-refractivity contribution is -0.384. The highest BCUT2D eigenvalue weighted by Gasteiger charge is 2.26. The summed E-state index contributed by atoms with van der Waals surface area (Å²) in [7, 11) is 0. The van der Waals surface area contributed by atoms with E-state index in [-0.39, 0.29) is 17.1 Å². The molecule has 0 aliphatic carbocycles. The first-order chi connectivity index (χ1) is 7.70. The van der Waals surface area contributed by atoms with Crippen molar-refractivity contribution in [3.8, 4) is 0 Å². The average molecular weight is 239 g/mol. The molecule has 94 valence electrons. The summed E-state index contributed by atoms with van der Waals surface area (Å²) in [5, 5.41) is 10.9. The molecule has 6 nitrogen and oxygen atoms in total. The molecule has 0 aliphatic rings. The van der Waals surface area contributed by atoms with Crippen molar-refractivity contribution in [3.63, 3.8) is 0 Å². The first kappa shape index (κ1) is 13.2. The van der Waals surface area contributed by atoms with Gasteiger partial charge in [0.25, 0.3) is 5.56 Å². The van der Waals surface area contributed by atoms with E-state index in [1.807, 2.05) is 20.8 Å². The van der Waals surface area contributed by atoms with Crippen LogP contribution in [0.1, 0.15) is 33.3 Å². The standard InChI is InChI=1S/C11H17N3O3/c1-5-13-9(12)8(14(16)17)6-7(10(13)15)11(2,3)4/h6H,5,12H2,1-4H3. The SMILES string of the molecule is CCn1c(N)c([N+](=O)[O-])cc(C(C)(C)C)c1=O. The Morgan fingerprint density at radius 2 is 2.00 bits per heavy atom. The second-order valence-corrected chi connectivity index (χ2v) is 4.89. The molecule has 0 amide bonds. The van der Waals surface area contributed by atoms with E-state index in [9.17, 15) is 14.9 Å². The largest absolute Gasteiger partial charge is 0.379 e. The molecule has 1 heterocycles. The number of pyridine rings is 1. The van der Waals surface area contributed by atoms with Crippen LogP contribution in [0.3, 0.4) is 0 Å². The van der Waals surface area contributed by atoms with Crippen molar-refractivity contribution in [2.24, 2.45) is 0 Å². The molecule has 2 N–H and O–H groups in total. The Kier molecular flexibility index (Phi) is 3.26. The van der Waals surface area contributed by atoms with E-state index in [2.05, 4.69) is 0 Å². The summed E-state index contributed by atoms with van der Waals surface area (Å²) in [6.07, 6.45) is 0. The van der Waals surface area contributed by atoms with Crippen LogP contribution in [-0.2, 0) is 12.0 Å². The first-order valence-electron chi connectivity index (χ1n) is 5.38. The summed E-state index contributed by atoms with van der Waals surface area (Å²) in [4.78, 5) is 22.4. The van der Waals surface area contributed by atoms with E-state index in [1.54, 1.807) is 6.92 Å². The second kappa shape index (κ2) is 4.20. The van der Waals surface area contributed by atoms with E-state index in [0.29, 0.717) is 12.1 Å². The van der Waals surface area contributed by atoms with E-state index in [1.165, 1.54) is 10.6 Å². The quantitative estimate of drug-likeness (QED) is 0.627. The lowest BCUT2D eigenvalue weighted by atomic mass is 9.87. The summed E-state index contributed by atoms with van der Waals surface area (Å²) in [5.41, 5.74) is 5.11. The van der Waals surface area contributed by atoms with E-state index in [0.717, 1.165) is 0 Å². The minimum atomic E-state index is -0.559. The minimum absolute atomic E-state index is 0.0875. The van der Waals surface area contributed by atoms with Crippen LogP contribution in [0.4, 0.5) is 11.5 Å². The van der Waals surface area contributed by atoms with Gasteiger partial charge in [-0.3, -0.25) is 19.5 Å². The molecular weight excluding hydrogens is 222 g/mol. The maximum atomic E-state index is 12.1. The Balaban J connectivity index is 3.71. The van der Waals surface area contributed by atoms with Crippen LogP contribution in [0.5, 0.6) is 0 Å². The van der Waals surface area contributed by atoms with Crippen molar-refractivity contribution < 1.29 is 4.92 Å². The normalized spacial score (nSPS) is 11.5. The summed E-state index contributed by atoms with van der Waals surface area (Å²) in [6, 6.07) is 1.28. The van der Waals surface area contributed by atoms with Crippen LogP contribution >= 0.6 is 0 Å². The predicted molar refractivity (Wildman–Crippen MR) is 66.1 cm³/mol. The number of nitro groups is 1. The Hall–Kier alpha value is -1.85. The number of nitrogens with zero attached hydrogens (tertiary/aromatic N) is 2. The summed E-state index contributed by atoms with van der Waals surface area (Å²) in [5.74, 6) is -0.0875. The van der Waals surface area contributed by atoms with Gasteiger partial charge in [-0.15, -0.1) is 0 Å². The van der Waals surface area contributed by atoms with Gasteiger partial charge in [0, 0.05) is 18.2 Å². The topological polar surface area (TPSA) is 91.2 Å². The molecule has 0 unspecified atom stereocenters. The van der Waals surface area contributed by atoms with E-state index < -0.39 is 10.3 Å². The van der Waals surface area contributed by atoms with Crippen molar-refractivity contribution in [2.75, 3.05) is 5.73 Å². The molecule has 0 atom stereocenters. The fourth-order valence-corrected chi connectivity index (χ4v) is 1.66. The number of hydrogen-bond donors (Lipinski definition) is 1. The highest BCUT2D eigenvalue weighted by molar-refractivity contribution is 5.55. The Morgan fingerprint density at radius 3 is 2.35 bits per heavy atom. The molecule has 0 spiro atoms. The molecule has 1 aromatic rings. The molecule has 6 heteroatoms. The van der Waals surface area contributed by atoms with Gasteiger partial charge >= 0.3 is 5.69 Å². The van der Waals surface area contributed by atoms with Crippen molar-refractivity contribution >= 4 is 11.5 Å². The van der Waals surface area contributed by atoms with Crippen LogP contribution in [-0.4, -0.2) is 9.49 Å². The maximum Gasteiger partial charge on any atom is 0.309 e. The molecule has 17 heavy (non-hydrogen) atoms. The minimum Gasteiger partial charge on any atom is -0.379 e. The summed E-state index contributed by atoms with van der Waals surface area (Å²) >= 11 is 0. The highest BCUT2D eigenvalue weighted by Crippen LogP contribution is 2.26. The molecule has 0 saturated heterocycles. The fraction of sp³-hybridized carbons (Fsp3) is 0.545. The predicted octanol–water partition coefficient (Wildman–Crippen LogP) is 1.66. The Morgan fingerprint density at radius 1 is 1.47 bits per heavy atom.